The average molecular weight is 597 g/mol. The van der Waals surface area contributed by atoms with Crippen LogP contribution < -0.4 is 5.43 Å². The van der Waals surface area contributed by atoms with E-state index >= 15 is 0 Å². The quantitative estimate of drug-likeness (QED) is 0.179. The van der Waals surface area contributed by atoms with Crippen LogP contribution in [0.3, 0.4) is 0 Å². The minimum Gasteiger partial charge on any atom is -0.477 e. The highest BCUT2D eigenvalue weighted by molar-refractivity contribution is 8.24. The molecule has 0 aliphatic rings. The summed E-state index contributed by atoms with van der Waals surface area (Å²) in [5.74, 6) is -1.21. The smallest absolute Gasteiger partial charge is 0.341 e. The van der Waals surface area contributed by atoms with Gasteiger partial charge in [-0.05, 0) is 83.4 Å². The number of benzene rings is 2. The standard InChI is InChI=1S/C11H7Cl2NO.C11H9NO3.Cl3OP/c1-6-2-3-9-7(4-6)10(12)8(5-14-9)11(13)15;1-6-2-3-9-7(4-6)10(13)8(5-12-9)11(14)15;1-5(2,3)4/h2-5H,1H3;2-5H,1H3,(H,12,13)(H,14,15);. The van der Waals surface area contributed by atoms with Gasteiger partial charge in [-0.2, -0.15) is 0 Å². The molecule has 0 spiro atoms. The van der Waals surface area contributed by atoms with Gasteiger partial charge in [0.2, 0.25) is 5.43 Å². The average Bonchev–Trinajstić information content (AvgIpc) is 2.74. The zero-order valence-corrected chi connectivity index (χ0v) is 22.7. The van der Waals surface area contributed by atoms with Crippen LogP contribution >= 0.6 is 62.1 Å². The Labute approximate surface area is 223 Å². The topological polar surface area (TPSA) is 117 Å². The lowest BCUT2D eigenvalue weighted by atomic mass is 10.1. The number of carboxylic acids is 1. The largest absolute Gasteiger partial charge is 0.477 e. The van der Waals surface area contributed by atoms with Gasteiger partial charge in [0.05, 0.1) is 16.1 Å². The first kappa shape index (κ1) is 29.1. The number of carbonyl (C=O) groups is 2. The van der Waals surface area contributed by atoms with Crippen molar-refractivity contribution in [2.75, 3.05) is 0 Å². The number of hydrogen-bond donors (Lipinski definition) is 2. The van der Waals surface area contributed by atoms with Gasteiger partial charge < -0.3 is 10.1 Å². The second-order valence-corrected chi connectivity index (χ2v) is 14.4. The molecule has 0 saturated carbocycles. The van der Waals surface area contributed by atoms with Crippen LogP contribution in [0.2, 0.25) is 5.02 Å². The number of aromatic nitrogens is 2. The van der Waals surface area contributed by atoms with Gasteiger partial charge in [-0.25, -0.2) is 4.79 Å². The molecular weight excluding hydrogens is 580 g/mol. The number of carbonyl (C=O) groups excluding carboxylic acids is 1. The van der Waals surface area contributed by atoms with E-state index < -0.39 is 21.8 Å². The van der Waals surface area contributed by atoms with E-state index in [0.717, 1.165) is 22.0 Å². The number of rotatable bonds is 2. The Morgan fingerprint density at radius 1 is 0.971 bits per heavy atom. The Morgan fingerprint density at radius 3 is 2.06 bits per heavy atom. The number of halogens is 5. The molecule has 0 amide bonds. The summed E-state index contributed by atoms with van der Waals surface area (Å²) in [4.78, 5) is 40.4. The molecule has 2 aromatic heterocycles. The van der Waals surface area contributed by atoms with E-state index in [1.807, 2.05) is 38.1 Å². The summed E-state index contributed by atoms with van der Waals surface area (Å²) in [5, 5.41) is 6.49. The molecule has 2 aromatic carbocycles. The van der Waals surface area contributed by atoms with Gasteiger partial charge in [-0.3, -0.25) is 19.1 Å². The summed E-state index contributed by atoms with van der Waals surface area (Å²) >= 11 is 25.3. The fourth-order valence-electron chi connectivity index (χ4n) is 2.90. The lowest BCUT2D eigenvalue weighted by Gasteiger charge is -2.04. The molecule has 0 aliphatic heterocycles. The molecule has 0 radical (unpaired) electrons. The zero-order valence-electron chi connectivity index (χ0n) is 18.0. The summed E-state index contributed by atoms with van der Waals surface area (Å²) < 4.78 is 9.51. The molecule has 13 heteroatoms. The SMILES string of the molecule is Cc1ccc2[nH]cc(C(=O)O)c(=O)c2c1.Cc1ccc2ncc(C(=O)Cl)c(Cl)c2c1.O=P(Cl)(Cl)Cl. The van der Waals surface area contributed by atoms with Gasteiger partial charge in [0, 0.05) is 28.7 Å². The van der Waals surface area contributed by atoms with Crippen molar-refractivity contribution in [3.05, 3.63) is 86.3 Å². The Morgan fingerprint density at radius 2 is 1.51 bits per heavy atom. The van der Waals surface area contributed by atoms with E-state index in [-0.39, 0.29) is 11.1 Å². The molecule has 7 nitrogen and oxygen atoms in total. The minimum atomic E-state index is -3.22. The number of pyridine rings is 2. The van der Waals surface area contributed by atoms with E-state index in [2.05, 4.69) is 43.7 Å². The lowest BCUT2D eigenvalue weighted by molar-refractivity contribution is 0.0695. The van der Waals surface area contributed by atoms with Crippen molar-refractivity contribution in [3.63, 3.8) is 0 Å². The van der Waals surface area contributed by atoms with Crippen LogP contribution in [0.15, 0.2) is 53.6 Å². The van der Waals surface area contributed by atoms with Crippen molar-refractivity contribution in [1.82, 2.24) is 9.97 Å². The predicted octanol–water partition coefficient (Wildman–Crippen LogP) is 7.92. The van der Waals surface area contributed by atoms with E-state index in [1.54, 1.807) is 12.1 Å². The van der Waals surface area contributed by atoms with Crippen LogP contribution in [-0.4, -0.2) is 26.3 Å². The van der Waals surface area contributed by atoms with Crippen LogP contribution in [-0.2, 0) is 4.57 Å². The number of aromatic amines is 1. The van der Waals surface area contributed by atoms with E-state index in [9.17, 15) is 18.9 Å². The van der Waals surface area contributed by atoms with Crippen LogP contribution in [0.4, 0.5) is 0 Å². The third-order valence-corrected chi connectivity index (χ3v) is 5.05. The van der Waals surface area contributed by atoms with Crippen molar-refractivity contribution in [2.24, 2.45) is 0 Å². The Balaban J connectivity index is 0.000000208. The summed E-state index contributed by atoms with van der Waals surface area (Å²) in [6.45, 7) is 3.80. The van der Waals surface area contributed by atoms with Crippen LogP contribution in [0.5, 0.6) is 0 Å². The van der Waals surface area contributed by atoms with Gasteiger partial charge in [-0.1, -0.05) is 34.9 Å². The van der Waals surface area contributed by atoms with Crippen molar-refractivity contribution in [2.45, 2.75) is 13.8 Å². The molecule has 4 aromatic rings. The highest BCUT2D eigenvalue weighted by atomic mass is 36.0. The number of H-pyrrole nitrogens is 1. The second kappa shape index (κ2) is 12.2. The normalized spacial score (nSPS) is 10.7. The highest BCUT2D eigenvalue weighted by Gasteiger charge is 2.12. The first-order valence-corrected chi connectivity index (χ1v) is 14.7. The Bertz CT molecular complexity index is 1530. The third-order valence-electron chi connectivity index (χ3n) is 4.44. The van der Waals surface area contributed by atoms with Gasteiger partial charge in [0.15, 0.2) is 0 Å². The molecule has 0 unspecified atom stereocenters. The molecule has 0 saturated heterocycles. The molecule has 0 aliphatic carbocycles. The molecular formula is C22H16Cl5N2O5P. The van der Waals surface area contributed by atoms with Crippen molar-refractivity contribution in [1.29, 1.82) is 0 Å². The van der Waals surface area contributed by atoms with Gasteiger partial charge in [0.1, 0.15) is 5.56 Å². The molecule has 184 valence electrons. The summed E-state index contributed by atoms with van der Waals surface area (Å²) in [5.41, 5.74) is 2.97. The van der Waals surface area contributed by atoms with Crippen molar-refractivity contribution >= 4 is 95.1 Å². The molecule has 2 N–H and O–H groups in total. The number of hydrogen-bond acceptors (Lipinski definition) is 5. The second-order valence-electron chi connectivity index (χ2n) is 7.06. The maximum atomic E-state index is 11.7. The monoisotopic (exact) mass is 594 g/mol. The molecule has 35 heavy (non-hydrogen) atoms. The Hall–Kier alpha value is -2.12. The number of nitrogens with one attached hydrogen (secondary N) is 1. The van der Waals surface area contributed by atoms with E-state index in [0.29, 0.717) is 15.9 Å². The number of aromatic carboxylic acids is 1. The molecule has 0 atom stereocenters. The number of carboxylic acid groups (broad SMARTS) is 1. The number of nitrogens with zero attached hydrogens (tertiary/aromatic N) is 1. The minimum absolute atomic E-state index is 0.229. The number of aryl methyl sites for hydroxylation is 2. The molecule has 0 fully saturated rings. The first-order chi connectivity index (χ1) is 16.2. The van der Waals surface area contributed by atoms with Gasteiger partial charge in [-0.15, -0.1) is 0 Å². The van der Waals surface area contributed by atoms with Gasteiger partial charge in [0.25, 0.3) is 5.24 Å². The highest BCUT2D eigenvalue weighted by Crippen LogP contribution is 2.61. The number of fused-ring (bicyclic) bond motifs is 2. The maximum absolute atomic E-state index is 11.7. The predicted molar refractivity (Wildman–Crippen MR) is 143 cm³/mol. The fraction of sp³-hybridized carbons (Fsp3) is 0.0909. The fourth-order valence-corrected chi connectivity index (χ4v) is 3.38. The summed E-state index contributed by atoms with van der Waals surface area (Å²) in [6.07, 6.45) is 2.62. The van der Waals surface area contributed by atoms with Gasteiger partial charge >= 0.3 is 11.2 Å². The third kappa shape index (κ3) is 8.50. The van der Waals surface area contributed by atoms with Crippen molar-refractivity contribution < 1.29 is 19.3 Å². The molecule has 2 heterocycles. The zero-order chi connectivity index (χ0) is 26.5. The van der Waals surface area contributed by atoms with Crippen molar-refractivity contribution in [3.8, 4) is 0 Å². The first-order valence-electron chi connectivity index (χ1n) is 9.48. The maximum Gasteiger partial charge on any atom is 0.341 e. The lowest BCUT2D eigenvalue weighted by Crippen LogP contribution is -2.15. The molecule has 0 bridgehead atoms. The van der Waals surface area contributed by atoms with E-state index in [1.165, 1.54) is 12.4 Å². The summed E-state index contributed by atoms with van der Waals surface area (Å²) in [6, 6.07) is 11.0. The van der Waals surface area contributed by atoms with E-state index in [4.69, 9.17) is 28.3 Å². The van der Waals surface area contributed by atoms with Crippen LogP contribution in [0.25, 0.3) is 21.8 Å². The molecule has 4 rings (SSSR count). The Kier molecular flexibility index (Phi) is 10.2. The summed E-state index contributed by atoms with van der Waals surface area (Å²) in [7, 11) is 0. The van der Waals surface area contributed by atoms with Crippen LogP contribution in [0.1, 0.15) is 31.8 Å². The van der Waals surface area contributed by atoms with Crippen LogP contribution in [0, 0.1) is 13.8 Å².